The molecule has 1 N–H and O–H groups in total. The number of nitrogens with zero attached hydrogens (tertiary/aromatic N) is 1. The number of phosphoric acid groups is 1. The van der Waals surface area contributed by atoms with Crippen LogP contribution in [-0.4, -0.2) is 50.3 Å². The fourth-order valence-electron chi connectivity index (χ4n) is 4.00. The van der Waals surface area contributed by atoms with E-state index in [0.29, 0.717) is 17.6 Å². The van der Waals surface area contributed by atoms with Crippen molar-refractivity contribution in [2.24, 2.45) is 0 Å². The summed E-state index contributed by atoms with van der Waals surface area (Å²) in [5.41, 5.74) is 0. The predicted molar refractivity (Wildman–Crippen MR) is 143 cm³/mol. The van der Waals surface area contributed by atoms with Gasteiger partial charge in [-0.1, -0.05) is 129 Å². The Labute approximate surface area is 219 Å². The molecule has 5 nitrogen and oxygen atoms in total. The minimum Gasteiger partial charge on any atom is -1.00 e. The fourth-order valence-corrected chi connectivity index (χ4v) is 4.75. The SMILES string of the molecule is CCCCCCCCCCCCCCCCCCCCCCOP(=O)(O)OCC[N+](C)(C)C.[Cl-]. The van der Waals surface area contributed by atoms with Crippen LogP contribution in [0, 0.1) is 0 Å². The molecule has 0 aliphatic heterocycles. The zero-order chi connectivity index (χ0) is 24.7. The van der Waals surface area contributed by atoms with Gasteiger partial charge >= 0.3 is 7.82 Å². The first-order chi connectivity index (χ1) is 15.8. The van der Waals surface area contributed by atoms with Gasteiger partial charge in [0.1, 0.15) is 13.2 Å². The van der Waals surface area contributed by atoms with Gasteiger partial charge in [-0.05, 0) is 6.42 Å². The average molecular weight is 528 g/mol. The highest BCUT2D eigenvalue weighted by atomic mass is 35.5. The lowest BCUT2D eigenvalue weighted by molar-refractivity contribution is -0.870. The molecule has 0 saturated heterocycles. The Morgan fingerprint density at radius 2 is 0.853 bits per heavy atom. The van der Waals surface area contributed by atoms with Crippen molar-refractivity contribution in [2.45, 2.75) is 135 Å². The van der Waals surface area contributed by atoms with Crippen molar-refractivity contribution in [3.63, 3.8) is 0 Å². The molecular weight excluding hydrogens is 469 g/mol. The number of unbranched alkanes of at least 4 members (excludes halogenated alkanes) is 19. The summed E-state index contributed by atoms with van der Waals surface area (Å²) in [5, 5.41) is 0. The normalized spacial score (nSPS) is 13.6. The van der Waals surface area contributed by atoms with Crippen molar-refractivity contribution < 1.29 is 35.4 Å². The van der Waals surface area contributed by atoms with Gasteiger partial charge in [0.05, 0.1) is 27.7 Å². The van der Waals surface area contributed by atoms with E-state index in [1.807, 2.05) is 21.1 Å². The van der Waals surface area contributed by atoms with Gasteiger partial charge < -0.3 is 21.8 Å². The number of hydrogen-bond acceptors (Lipinski definition) is 3. The van der Waals surface area contributed by atoms with E-state index in [0.717, 1.165) is 12.8 Å². The lowest BCUT2D eigenvalue weighted by atomic mass is 10.0. The highest BCUT2D eigenvalue weighted by Crippen LogP contribution is 2.43. The van der Waals surface area contributed by atoms with Gasteiger partial charge in [-0.15, -0.1) is 0 Å². The average Bonchev–Trinajstić information content (AvgIpc) is 2.73. The number of phosphoric ester groups is 1. The molecule has 0 heterocycles. The molecule has 0 aromatic heterocycles. The number of rotatable bonds is 26. The van der Waals surface area contributed by atoms with E-state index in [-0.39, 0.29) is 19.0 Å². The van der Waals surface area contributed by atoms with Crippen LogP contribution in [0.5, 0.6) is 0 Å². The molecule has 0 aromatic carbocycles. The maximum Gasteiger partial charge on any atom is 0.472 e. The minimum absolute atomic E-state index is 0. The third kappa shape index (κ3) is 30.4. The van der Waals surface area contributed by atoms with Gasteiger partial charge in [0, 0.05) is 0 Å². The number of halogens is 1. The molecule has 1 atom stereocenters. The Morgan fingerprint density at radius 3 is 1.18 bits per heavy atom. The molecule has 0 aliphatic carbocycles. The topological polar surface area (TPSA) is 55.8 Å². The maximum atomic E-state index is 11.8. The second-order valence-corrected chi connectivity index (χ2v) is 12.3. The van der Waals surface area contributed by atoms with Gasteiger partial charge in [0.15, 0.2) is 0 Å². The smallest absolute Gasteiger partial charge is 0.472 e. The Morgan fingerprint density at radius 1 is 0.559 bits per heavy atom. The van der Waals surface area contributed by atoms with E-state index in [4.69, 9.17) is 9.05 Å². The Bertz CT molecular complexity index is 460. The zero-order valence-electron chi connectivity index (χ0n) is 23.2. The van der Waals surface area contributed by atoms with Crippen LogP contribution in [0.15, 0.2) is 0 Å². The van der Waals surface area contributed by atoms with E-state index < -0.39 is 7.82 Å². The zero-order valence-corrected chi connectivity index (χ0v) is 24.9. The molecule has 0 aromatic rings. The van der Waals surface area contributed by atoms with E-state index in [1.165, 1.54) is 116 Å². The van der Waals surface area contributed by atoms with Crippen LogP contribution in [0.1, 0.15) is 135 Å². The Hall–Kier alpha value is 0.360. The van der Waals surface area contributed by atoms with Crippen LogP contribution in [0.2, 0.25) is 0 Å². The van der Waals surface area contributed by atoms with Gasteiger partial charge in [0.2, 0.25) is 0 Å². The number of quaternary nitrogens is 1. The molecule has 0 aliphatic rings. The molecular formula is C27H59ClNO4P. The number of likely N-dealkylation sites (N-methyl/N-ethyl adjacent to an activating group) is 1. The summed E-state index contributed by atoms with van der Waals surface area (Å²) in [4.78, 5) is 9.67. The lowest BCUT2D eigenvalue weighted by Gasteiger charge is -2.24. The van der Waals surface area contributed by atoms with Crippen molar-refractivity contribution in [2.75, 3.05) is 40.9 Å². The predicted octanol–water partition coefficient (Wildman–Crippen LogP) is 5.65. The summed E-state index contributed by atoms with van der Waals surface area (Å²) < 4.78 is 22.6. The monoisotopic (exact) mass is 527 g/mol. The Kier molecular flexibility index (Phi) is 26.9. The van der Waals surface area contributed by atoms with Crippen molar-refractivity contribution in [1.29, 1.82) is 0 Å². The first kappa shape index (κ1) is 36.5. The quantitative estimate of drug-likeness (QED) is 0.0896. The van der Waals surface area contributed by atoms with Crippen molar-refractivity contribution in [3.8, 4) is 0 Å². The fraction of sp³-hybridized carbons (Fsp3) is 1.00. The molecule has 0 amide bonds. The van der Waals surface area contributed by atoms with Crippen LogP contribution in [0.25, 0.3) is 0 Å². The molecule has 0 rings (SSSR count). The van der Waals surface area contributed by atoms with Crippen LogP contribution in [0.3, 0.4) is 0 Å². The molecule has 208 valence electrons. The van der Waals surface area contributed by atoms with Crippen molar-refractivity contribution in [1.82, 2.24) is 0 Å². The molecule has 0 bridgehead atoms. The van der Waals surface area contributed by atoms with Crippen LogP contribution >= 0.6 is 7.82 Å². The summed E-state index contributed by atoms with van der Waals surface area (Å²) in [7, 11) is 2.18. The van der Waals surface area contributed by atoms with E-state index in [9.17, 15) is 9.46 Å². The summed E-state index contributed by atoms with van der Waals surface area (Å²) in [6, 6.07) is 0. The Balaban J connectivity index is 0. The van der Waals surface area contributed by atoms with Gasteiger partial charge in [-0.2, -0.15) is 0 Å². The second kappa shape index (κ2) is 25.0. The number of hydrogen-bond donors (Lipinski definition) is 1. The third-order valence-corrected chi connectivity index (χ3v) is 7.29. The van der Waals surface area contributed by atoms with Gasteiger partial charge in [0.25, 0.3) is 0 Å². The molecule has 0 spiro atoms. The molecule has 34 heavy (non-hydrogen) atoms. The summed E-state index contributed by atoms with van der Waals surface area (Å²) in [6.45, 7) is 3.49. The van der Waals surface area contributed by atoms with Gasteiger partial charge in [-0.3, -0.25) is 9.05 Å². The second-order valence-electron chi connectivity index (χ2n) is 10.9. The van der Waals surface area contributed by atoms with E-state index >= 15 is 0 Å². The van der Waals surface area contributed by atoms with E-state index in [2.05, 4.69) is 6.92 Å². The standard InChI is InChI=1S/C27H58NO4P.ClH/c1-5-6-7-8-9-10-11-12-13-14-15-16-17-18-19-20-21-22-23-24-26-31-33(29,30)32-27-25-28(2,3)4;/h5-27H2,1-4H3;1H. The first-order valence-corrected chi connectivity index (χ1v) is 15.7. The maximum absolute atomic E-state index is 11.8. The molecule has 1 unspecified atom stereocenters. The first-order valence-electron chi connectivity index (χ1n) is 14.2. The van der Waals surface area contributed by atoms with E-state index in [1.54, 1.807) is 0 Å². The highest BCUT2D eigenvalue weighted by Gasteiger charge is 2.21. The van der Waals surface area contributed by atoms with Crippen molar-refractivity contribution in [3.05, 3.63) is 0 Å². The van der Waals surface area contributed by atoms with Crippen molar-refractivity contribution >= 4 is 7.82 Å². The molecule has 0 radical (unpaired) electrons. The van der Waals surface area contributed by atoms with Gasteiger partial charge in [-0.25, -0.2) is 4.57 Å². The summed E-state index contributed by atoms with van der Waals surface area (Å²) >= 11 is 0. The largest absolute Gasteiger partial charge is 1.00 e. The van der Waals surface area contributed by atoms with Crippen LogP contribution in [0.4, 0.5) is 0 Å². The van der Waals surface area contributed by atoms with Crippen LogP contribution < -0.4 is 12.4 Å². The minimum atomic E-state index is -3.88. The molecule has 0 fully saturated rings. The lowest BCUT2D eigenvalue weighted by Crippen LogP contribution is -3.00. The third-order valence-electron chi connectivity index (χ3n) is 6.27. The molecule has 7 heteroatoms. The highest BCUT2D eigenvalue weighted by molar-refractivity contribution is 7.47. The summed E-state index contributed by atoms with van der Waals surface area (Å²) in [5.74, 6) is 0. The van der Waals surface area contributed by atoms with Crippen LogP contribution in [-0.2, 0) is 13.6 Å². The molecule has 0 saturated carbocycles. The summed E-state index contributed by atoms with van der Waals surface area (Å²) in [6.07, 6.45) is 26.9.